The summed E-state index contributed by atoms with van der Waals surface area (Å²) in [6, 6.07) is 7.54. The second-order valence-electron chi connectivity index (χ2n) is 3.59. The first-order valence-corrected chi connectivity index (χ1v) is 6.21. The molecule has 0 spiro atoms. The smallest absolute Gasteiger partial charge is 0.0950 e. The third kappa shape index (κ3) is 2.57. The van der Waals surface area contributed by atoms with E-state index in [1.54, 1.807) is 6.08 Å². The number of benzene rings is 1. The molecule has 0 aliphatic heterocycles. The highest BCUT2D eigenvalue weighted by molar-refractivity contribution is 6.56. The van der Waals surface area contributed by atoms with Gasteiger partial charge in [-0.15, -0.1) is 0 Å². The maximum Gasteiger partial charge on any atom is 0.157 e. The largest absolute Gasteiger partial charge is 0.157 e. The molecule has 0 atom stereocenters. The Morgan fingerprint density at radius 1 is 0.938 bits per heavy atom. The van der Waals surface area contributed by atoms with Crippen molar-refractivity contribution in [2.24, 2.45) is 0 Å². The van der Waals surface area contributed by atoms with Crippen molar-refractivity contribution in [3.05, 3.63) is 52.0 Å². The molecule has 1 aromatic carbocycles. The molecule has 0 bridgehead atoms. The average Bonchev–Trinajstić information content (AvgIpc) is 2.23. The van der Waals surface area contributed by atoms with E-state index in [1.807, 2.05) is 30.3 Å². The van der Waals surface area contributed by atoms with Crippen LogP contribution in [-0.2, 0) is 0 Å². The Hall–Kier alpha value is -0.140. The number of rotatable bonds is 1. The van der Waals surface area contributed by atoms with Crippen molar-refractivity contribution in [1.29, 1.82) is 0 Å². The van der Waals surface area contributed by atoms with Crippen LogP contribution in [0.4, 0.5) is 0 Å². The van der Waals surface area contributed by atoms with Gasteiger partial charge in [0.2, 0.25) is 0 Å². The van der Waals surface area contributed by atoms with Gasteiger partial charge in [-0.3, -0.25) is 0 Å². The summed E-state index contributed by atoms with van der Waals surface area (Å²) >= 11 is 23.9. The van der Waals surface area contributed by atoms with Crippen LogP contribution in [0.15, 0.2) is 41.4 Å². The Balaban J connectivity index is 2.34. The second-order valence-corrected chi connectivity index (χ2v) is 5.92. The van der Waals surface area contributed by atoms with Gasteiger partial charge >= 0.3 is 0 Å². The van der Waals surface area contributed by atoms with Gasteiger partial charge in [0.1, 0.15) is 0 Å². The molecule has 0 nitrogen and oxygen atoms in total. The van der Waals surface area contributed by atoms with E-state index in [-0.39, 0.29) is 0 Å². The number of hydrogen-bond acceptors (Lipinski definition) is 0. The molecule has 4 heteroatoms. The van der Waals surface area contributed by atoms with Crippen LogP contribution in [0.3, 0.4) is 0 Å². The molecule has 0 saturated heterocycles. The topological polar surface area (TPSA) is 0 Å². The summed E-state index contributed by atoms with van der Waals surface area (Å²) in [6.45, 7) is 0. The van der Waals surface area contributed by atoms with E-state index in [0.717, 1.165) is 11.1 Å². The molecule has 0 fully saturated rings. The van der Waals surface area contributed by atoms with E-state index in [9.17, 15) is 0 Å². The summed E-state index contributed by atoms with van der Waals surface area (Å²) in [5.74, 6) is 0. The van der Waals surface area contributed by atoms with E-state index < -0.39 is 4.33 Å². The Labute approximate surface area is 114 Å². The van der Waals surface area contributed by atoms with Crippen molar-refractivity contribution in [2.45, 2.75) is 10.8 Å². The average molecular weight is 294 g/mol. The van der Waals surface area contributed by atoms with E-state index in [0.29, 0.717) is 16.5 Å². The predicted molar refractivity (Wildman–Crippen MR) is 72.4 cm³/mol. The fourth-order valence-corrected chi connectivity index (χ4v) is 2.21. The molecule has 2 rings (SSSR count). The standard InChI is InChI=1S/C12H8Cl4/c13-10-4-1-8(2-5-10)9-3-6-11(14)12(15,16)7-9/h1-6H,7H2. The van der Waals surface area contributed by atoms with Gasteiger partial charge in [0.15, 0.2) is 4.33 Å². The van der Waals surface area contributed by atoms with Crippen molar-refractivity contribution in [3.63, 3.8) is 0 Å². The van der Waals surface area contributed by atoms with Crippen LogP contribution in [-0.4, -0.2) is 4.33 Å². The fraction of sp³-hybridized carbons (Fsp3) is 0.167. The first kappa shape index (κ1) is 12.3. The quantitative estimate of drug-likeness (QED) is 0.606. The first-order chi connectivity index (χ1) is 7.49. The number of alkyl halides is 2. The van der Waals surface area contributed by atoms with Crippen molar-refractivity contribution in [3.8, 4) is 0 Å². The number of allylic oxidation sites excluding steroid dienone is 4. The maximum atomic E-state index is 6.10. The lowest BCUT2D eigenvalue weighted by Crippen LogP contribution is -2.16. The van der Waals surface area contributed by atoms with E-state index in [1.165, 1.54) is 0 Å². The van der Waals surface area contributed by atoms with Gasteiger partial charge in [-0.05, 0) is 29.3 Å². The molecule has 0 N–H and O–H groups in total. The van der Waals surface area contributed by atoms with E-state index >= 15 is 0 Å². The maximum absolute atomic E-state index is 6.10. The summed E-state index contributed by atoms with van der Waals surface area (Å²) in [4.78, 5) is 0. The molecule has 16 heavy (non-hydrogen) atoms. The van der Waals surface area contributed by atoms with Crippen LogP contribution in [0, 0.1) is 0 Å². The third-order valence-electron chi connectivity index (χ3n) is 2.41. The molecule has 0 unspecified atom stereocenters. The highest BCUT2D eigenvalue weighted by atomic mass is 35.5. The molecule has 1 aromatic rings. The third-order valence-corrected chi connectivity index (χ3v) is 3.98. The summed E-state index contributed by atoms with van der Waals surface area (Å²) < 4.78 is -1.02. The minimum atomic E-state index is -1.02. The molecule has 0 amide bonds. The Morgan fingerprint density at radius 3 is 2.12 bits per heavy atom. The molecule has 0 saturated carbocycles. The van der Waals surface area contributed by atoms with Gasteiger partial charge in [0, 0.05) is 11.4 Å². The molecule has 0 heterocycles. The number of hydrogen-bond donors (Lipinski definition) is 0. The van der Waals surface area contributed by atoms with Crippen LogP contribution < -0.4 is 0 Å². The summed E-state index contributed by atoms with van der Waals surface area (Å²) in [6.07, 6.45) is 4.15. The monoisotopic (exact) mass is 292 g/mol. The van der Waals surface area contributed by atoms with Crippen molar-refractivity contribution in [2.75, 3.05) is 0 Å². The van der Waals surface area contributed by atoms with Gasteiger partial charge in [-0.2, -0.15) is 0 Å². The van der Waals surface area contributed by atoms with Gasteiger partial charge in [-0.1, -0.05) is 64.6 Å². The molecule has 84 valence electrons. The molecule has 0 radical (unpaired) electrons. The van der Waals surface area contributed by atoms with Gasteiger partial charge in [0.05, 0.1) is 5.03 Å². The van der Waals surface area contributed by atoms with Gasteiger partial charge < -0.3 is 0 Å². The molecular weight excluding hydrogens is 286 g/mol. The molecule has 1 aliphatic carbocycles. The fourth-order valence-electron chi connectivity index (χ4n) is 1.54. The van der Waals surface area contributed by atoms with Crippen LogP contribution in [0.5, 0.6) is 0 Å². The van der Waals surface area contributed by atoms with E-state index in [2.05, 4.69) is 0 Å². The van der Waals surface area contributed by atoms with E-state index in [4.69, 9.17) is 46.4 Å². The van der Waals surface area contributed by atoms with Gasteiger partial charge in [0.25, 0.3) is 0 Å². The Kier molecular flexibility index (Phi) is 3.56. The van der Waals surface area contributed by atoms with Gasteiger partial charge in [-0.25, -0.2) is 0 Å². The first-order valence-electron chi connectivity index (χ1n) is 4.70. The Morgan fingerprint density at radius 2 is 1.56 bits per heavy atom. The zero-order valence-corrected chi connectivity index (χ0v) is 11.2. The summed E-state index contributed by atoms with van der Waals surface area (Å²) in [5, 5.41) is 1.16. The summed E-state index contributed by atoms with van der Waals surface area (Å²) in [7, 11) is 0. The van der Waals surface area contributed by atoms with Crippen LogP contribution in [0.25, 0.3) is 5.57 Å². The lowest BCUT2D eigenvalue weighted by molar-refractivity contribution is 0.959. The molecular formula is C12H8Cl4. The van der Waals surface area contributed by atoms with Crippen LogP contribution >= 0.6 is 46.4 Å². The minimum absolute atomic E-state index is 0.452. The van der Waals surface area contributed by atoms with Crippen LogP contribution in [0.2, 0.25) is 5.02 Å². The van der Waals surface area contributed by atoms with Crippen molar-refractivity contribution in [1.82, 2.24) is 0 Å². The second kappa shape index (κ2) is 4.62. The number of halogens is 4. The van der Waals surface area contributed by atoms with Crippen molar-refractivity contribution < 1.29 is 0 Å². The normalized spacial score (nSPS) is 19.0. The minimum Gasteiger partial charge on any atom is -0.0950 e. The Bertz CT molecular complexity index is 454. The van der Waals surface area contributed by atoms with Crippen molar-refractivity contribution >= 4 is 52.0 Å². The molecule has 0 aromatic heterocycles. The lowest BCUT2D eigenvalue weighted by atomic mass is 9.97. The molecule has 1 aliphatic rings. The van der Waals surface area contributed by atoms with Crippen LogP contribution in [0.1, 0.15) is 12.0 Å². The zero-order chi connectivity index (χ0) is 11.8. The highest BCUT2D eigenvalue weighted by Crippen LogP contribution is 2.44. The zero-order valence-electron chi connectivity index (χ0n) is 8.18. The SMILES string of the molecule is ClC1=CC=C(c2ccc(Cl)cc2)CC1(Cl)Cl. The lowest BCUT2D eigenvalue weighted by Gasteiger charge is -2.24. The highest BCUT2D eigenvalue weighted by Gasteiger charge is 2.31. The predicted octanol–water partition coefficient (Wildman–Crippen LogP) is 5.42. The summed E-state index contributed by atoms with van der Waals surface area (Å²) in [5.41, 5.74) is 2.10.